The molecule has 3 N–H and O–H groups in total. The first-order valence-corrected chi connectivity index (χ1v) is 8.96. The van der Waals surface area contributed by atoms with E-state index in [0.717, 1.165) is 0 Å². The fourth-order valence-corrected chi connectivity index (χ4v) is 2.69. The summed E-state index contributed by atoms with van der Waals surface area (Å²) in [6, 6.07) is 8.98. The largest absolute Gasteiger partial charge is 0.493 e. The summed E-state index contributed by atoms with van der Waals surface area (Å²) in [6.45, 7) is 0.353. The van der Waals surface area contributed by atoms with Gasteiger partial charge in [-0.1, -0.05) is 23.7 Å². The Bertz CT molecular complexity index is 991. The van der Waals surface area contributed by atoms with E-state index in [2.05, 4.69) is 5.32 Å². The molecule has 0 saturated carbocycles. The average Bonchev–Trinajstić information content (AvgIpc) is 2.70. The predicted molar refractivity (Wildman–Crippen MR) is 108 cm³/mol. The molecule has 0 radical (unpaired) electrons. The predicted octanol–water partition coefficient (Wildman–Crippen LogP) is 2.21. The van der Waals surface area contributed by atoms with E-state index in [1.54, 1.807) is 24.3 Å². The van der Waals surface area contributed by atoms with E-state index in [0.29, 0.717) is 11.3 Å². The van der Waals surface area contributed by atoms with Gasteiger partial charge in [0.25, 0.3) is 11.8 Å². The first-order valence-electron chi connectivity index (χ1n) is 8.58. The molecule has 0 aliphatic carbocycles. The van der Waals surface area contributed by atoms with Gasteiger partial charge in [0, 0.05) is 5.56 Å². The highest BCUT2D eigenvalue weighted by molar-refractivity contribution is 6.32. The molecule has 0 fully saturated rings. The Balaban J connectivity index is 2.06. The molecule has 0 spiro atoms. The van der Waals surface area contributed by atoms with Gasteiger partial charge in [-0.25, -0.2) is 4.79 Å². The summed E-state index contributed by atoms with van der Waals surface area (Å²) >= 11 is 6.08. The van der Waals surface area contributed by atoms with Crippen molar-refractivity contribution in [2.24, 2.45) is 5.73 Å². The first kappa shape index (κ1) is 22.7. The molecule has 158 valence electrons. The Morgan fingerprint density at radius 1 is 1.10 bits per heavy atom. The number of primary amides is 1. The number of Topliss-reactive ketones (excluding diaryl/α,β-unsaturated/α-hetero) is 1. The minimum Gasteiger partial charge on any atom is -0.493 e. The Morgan fingerprint density at radius 2 is 1.80 bits per heavy atom. The number of ketones is 1. The average molecular weight is 435 g/mol. The minimum absolute atomic E-state index is 0.000195. The van der Waals surface area contributed by atoms with Crippen molar-refractivity contribution < 1.29 is 33.4 Å². The smallest absolute Gasteiger partial charge is 0.338 e. The van der Waals surface area contributed by atoms with Crippen LogP contribution in [-0.4, -0.2) is 43.9 Å². The summed E-state index contributed by atoms with van der Waals surface area (Å²) in [5.74, 6) is -2.29. The zero-order valence-electron chi connectivity index (χ0n) is 16.2. The monoisotopic (exact) mass is 434 g/mol. The lowest BCUT2D eigenvalue weighted by atomic mass is 10.1. The Kier molecular flexibility index (Phi) is 7.76. The molecule has 0 aliphatic rings. The molecule has 2 aromatic rings. The molecule has 0 aromatic heterocycles. The number of esters is 1. The zero-order valence-corrected chi connectivity index (χ0v) is 16.9. The lowest BCUT2D eigenvalue weighted by Crippen LogP contribution is -2.22. The van der Waals surface area contributed by atoms with Crippen molar-refractivity contribution in [3.05, 3.63) is 52.5 Å². The maximum absolute atomic E-state index is 12.3. The molecule has 2 aromatic carbocycles. The van der Waals surface area contributed by atoms with Crippen LogP contribution in [0.25, 0.3) is 0 Å². The third kappa shape index (κ3) is 5.95. The SMILES string of the molecule is COc1cc(C(=O)OCC(=O)Nc2ccccc2C(C)=O)cc(Cl)c1OCC(N)=O. The van der Waals surface area contributed by atoms with Crippen LogP contribution in [0.5, 0.6) is 11.5 Å². The van der Waals surface area contributed by atoms with Crippen LogP contribution in [0.1, 0.15) is 27.6 Å². The lowest BCUT2D eigenvalue weighted by Gasteiger charge is -2.13. The number of para-hydroxylation sites is 1. The van der Waals surface area contributed by atoms with Crippen LogP contribution < -0.4 is 20.5 Å². The van der Waals surface area contributed by atoms with Gasteiger partial charge in [0.1, 0.15) is 0 Å². The van der Waals surface area contributed by atoms with E-state index in [1.807, 2.05) is 0 Å². The van der Waals surface area contributed by atoms with Crippen LogP contribution >= 0.6 is 11.6 Å². The number of hydrogen-bond acceptors (Lipinski definition) is 7. The zero-order chi connectivity index (χ0) is 22.3. The first-order chi connectivity index (χ1) is 14.2. The molecule has 30 heavy (non-hydrogen) atoms. The number of rotatable bonds is 9. The van der Waals surface area contributed by atoms with Crippen LogP contribution in [0.15, 0.2) is 36.4 Å². The second kappa shape index (κ2) is 10.3. The molecule has 0 saturated heterocycles. The van der Waals surface area contributed by atoms with Crippen molar-refractivity contribution in [3.63, 3.8) is 0 Å². The van der Waals surface area contributed by atoms with Gasteiger partial charge in [-0.3, -0.25) is 14.4 Å². The normalized spacial score (nSPS) is 10.1. The van der Waals surface area contributed by atoms with Gasteiger partial charge < -0.3 is 25.3 Å². The van der Waals surface area contributed by atoms with Crippen LogP contribution in [0.3, 0.4) is 0 Å². The quantitative estimate of drug-likeness (QED) is 0.456. The molecule has 0 heterocycles. The van der Waals surface area contributed by atoms with E-state index >= 15 is 0 Å². The van der Waals surface area contributed by atoms with E-state index in [-0.39, 0.29) is 27.9 Å². The molecule has 2 rings (SSSR count). The molecular weight excluding hydrogens is 416 g/mol. The number of hydrogen-bond donors (Lipinski definition) is 2. The van der Waals surface area contributed by atoms with Crippen LogP contribution in [0.2, 0.25) is 5.02 Å². The number of amides is 2. The minimum atomic E-state index is -0.841. The summed E-state index contributed by atoms with van der Waals surface area (Å²) < 4.78 is 15.3. The summed E-state index contributed by atoms with van der Waals surface area (Å²) in [4.78, 5) is 46.9. The van der Waals surface area contributed by atoms with E-state index < -0.39 is 31.0 Å². The number of methoxy groups -OCH3 is 1. The highest BCUT2D eigenvalue weighted by Gasteiger charge is 2.19. The number of ether oxygens (including phenoxy) is 3. The highest BCUT2D eigenvalue weighted by Crippen LogP contribution is 2.36. The van der Waals surface area contributed by atoms with E-state index in [1.165, 1.54) is 26.2 Å². The topological polar surface area (TPSA) is 134 Å². The molecular formula is C20H19ClN2O7. The van der Waals surface area contributed by atoms with Crippen molar-refractivity contribution in [1.29, 1.82) is 0 Å². The van der Waals surface area contributed by atoms with Gasteiger partial charge in [0.2, 0.25) is 0 Å². The van der Waals surface area contributed by atoms with E-state index in [9.17, 15) is 19.2 Å². The molecule has 2 amide bonds. The van der Waals surface area contributed by atoms with Gasteiger partial charge in [0.15, 0.2) is 30.5 Å². The number of nitrogens with two attached hydrogens (primary N) is 1. The second-order valence-corrected chi connectivity index (χ2v) is 6.38. The molecule has 0 aliphatic heterocycles. The van der Waals surface area contributed by atoms with Gasteiger partial charge in [-0.2, -0.15) is 0 Å². The van der Waals surface area contributed by atoms with Crippen LogP contribution in [0.4, 0.5) is 5.69 Å². The van der Waals surface area contributed by atoms with Crippen LogP contribution in [-0.2, 0) is 14.3 Å². The van der Waals surface area contributed by atoms with Crippen molar-refractivity contribution in [2.75, 3.05) is 25.6 Å². The third-order valence-corrected chi connectivity index (χ3v) is 4.02. The number of carbonyl (C=O) groups excluding carboxylic acids is 4. The summed E-state index contributed by atoms with van der Waals surface area (Å²) in [5, 5.41) is 2.51. The van der Waals surface area contributed by atoms with Gasteiger partial charge in [-0.05, 0) is 31.2 Å². The summed E-state index contributed by atoms with van der Waals surface area (Å²) in [6.07, 6.45) is 0. The highest BCUT2D eigenvalue weighted by atomic mass is 35.5. The summed E-state index contributed by atoms with van der Waals surface area (Å²) in [5.41, 5.74) is 5.68. The molecule has 0 atom stereocenters. The molecule has 0 unspecified atom stereocenters. The molecule has 10 heteroatoms. The number of nitrogens with one attached hydrogen (secondary N) is 1. The van der Waals surface area contributed by atoms with Crippen molar-refractivity contribution in [2.45, 2.75) is 6.92 Å². The lowest BCUT2D eigenvalue weighted by molar-refractivity contribution is -0.120. The van der Waals surface area contributed by atoms with Crippen LogP contribution in [0, 0.1) is 0 Å². The Labute approximate surface area is 177 Å². The fraction of sp³-hybridized carbons (Fsp3) is 0.200. The number of anilines is 1. The maximum atomic E-state index is 12.3. The summed E-state index contributed by atoms with van der Waals surface area (Å²) in [7, 11) is 1.32. The van der Waals surface area contributed by atoms with Crippen molar-refractivity contribution >= 4 is 40.9 Å². The Morgan fingerprint density at radius 3 is 2.43 bits per heavy atom. The number of halogens is 1. The maximum Gasteiger partial charge on any atom is 0.338 e. The number of carbonyl (C=O) groups is 4. The van der Waals surface area contributed by atoms with Gasteiger partial charge in [0.05, 0.1) is 23.4 Å². The standard InChI is InChI=1S/C20H19ClN2O7/c1-11(24)13-5-3-4-6-15(13)23-18(26)10-30-20(27)12-7-14(21)19(16(8-12)28-2)29-9-17(22)25/h3-8H,9-10H2,1-2H3,(H2,22,25)(H,23,26). The van der Waals surface area contributed by atoms with E-state index in [4.69, 9.17) is 31.5 Å². The fourth-order valence-electron chi connectivity index (χ4n) is 2.42. The Hall–Kier alpha value is -3.59. The molecule has 9 nitrogen and oxygen atoms in total. The van der Waals surface area contributed by atoms with Crippen molar-refractivity contribution in [3.8, 4) is 11.5 Å². The second-order valence-electron chi connectivity index (χ2n) is 5.97. The van der Waals surface area contributed by atoms with Gasteiger partial charge >= 0.3 is 5.97 Å². The number of benzene rings is 2. The van der Waals surface area contributed by atoms with Crippen molar-refractivity contribution in [1.82, 2.24) is 0 Å². The van der Waals surface area contributed by atoms with Gasteiger partial charge in [-0.15, -0.1) is 0 Å². The third-order valence-electron chi connectivity index (χ3n) is 3.74. The molecule has 0 bridgehead atoms.